The molecule has 2 fully saturated rings. The molecule has 7 heteroatoms. The highest BCUT2D eigenvalue weighted by Crippen LogP contribution is 2.35. The van der Waals surface area contributed by atoms with Crippen molar-refractivity contribution in [3.8, 4) is 5.75 Å². The average molecular weight is 374 g/mol. The number of aryl methyl sites for hydroxylation is 1. The van der Waals surface area contributed by atoms with E-state index >= 15 is 0 Å². The lowest BCUT2D eigenvalue weighted by molar-refractivity contribution is -0.149. The molecule has 0 aromatic heterocycles. The first-order chi connectivity index (χ1) is 13.0. The van der Waals surface area contributed by atoms with Crippen molar-refractivity contribution in [1.82, 2.24) is 4.90 Å². The number of nitrogens with zero attached hydrogens (tertiary/aromatic N) is 2. The Morgan fingerprint density at radius 1 is 1.22 bits per heavy atom. The number of methoxy groups -OCH3 is 1. The van der Waals surface area contributed by atoms with E-state index in [1.807, 2.05) is 17.9 Å². The van der Waals surface area contributed by atoms with E-state index in [1.165, 1.54) is 12.0 Å². The number of rotatable bonds is 5. The molecule has 27 heavy (non-hydrogen) atoms. The molecule has 3 rings (SSSR count). The van der Waals surface area contributed by atoms with Crippen molar-refractivity contribution in [2.75, 3.05) is 31.7 Å². The number of esters is 1. The topological polar surface area (TPSA) is 76.2 Å². The van der Waals surface area contributed by atoms with Crippen LogP contribution in [0.15, 0.2) is 18.2 Å². The van der Waals surface area contributed by atoms with Crippen LogP contribution in [0.4, 0.5) is 5.69 Å². The van der Waals surface area contributed by atoms with Gasteiger partial charge >= 0.3 is 5.97 Å². The van der Waals surface area contributed by atoms with Crippen LogP contribution in [0.3, 0.4) is 0 Å². The highest BCUT2D eigenvalue weighted by atomic mass is 16.5. The molecule has 1 aromatic carbocycles. The molecule has 0 spiro atoms. The van der Waals surface area contributed by atoms with Crippen LogP contribution in [-0.4, -0.2) is 55.5 Å². The maximum atomic E-state index is 13.0. The second-order valence-corrected chi connectivity index (χ2v) is 7.02. The van der Waals surface area contributed by atoms with Gasteiger partial charge in [0.2, 0.25) is 5.91 Å². The fraction of sp³-hybridized carbons (Fsp3) is 0.550. The number of piperidine rings is 1. The monoisotopic (exact) mass is 374 g/mol. The Kier molecular flexibility index (Phi) is 5.79. The number of ether oxygens (including phenoxy) is 2. The summed E-state index contributed by atoms with van der Waals surface area (Å²) in [6, 6.07) is 4.96. The summed E-state index contributed by atoms with van der Waals surface area (Å²) in [7, 11) is 1.52. The van der Waals surface area contributed by atoms with Crippen LogP contribution in [0.2, 0.25) is 0 Å². The van der Waals surface area contributed by atoms with Gasteiger partial charge in [0.05, 0.1) is 37.8 Å². The molecule has 2 saturated heterocycles. The molecule has 146 valence electrons. The summed E-state index contributed by atoms with van der Waals surface area (Å²) in [5, 5.41) is 0. The van der Waals surface area contributed by atoms with Crippen LogP contribution in [0.5, 0.6) is 5.75 Å². The first-order valence-corrected chi connectivity index (χ1v) is 9.38. The fourth-order valence-electron chi connectivity index (χ4n) is 3.84. The molecule has 2 heterocycles. The van der Waals surface area contributed by atoms with Crippen molar-refractivity contribution in [2.45, 2.75) is 39.2 Å². The van der Waals surface area contributed by atoms with E-state index in [-0.39, 0.29) is 30.1 Å². The lowest BCUT2D eigenvalue weighted by Gasteiger charge is -2.33. The molecule has 2 aliphatic heterocycles. The van der Waals surface area contributed by atoms with Crippen LogP contribution in [0.25, 0.3) is 0 Å². The van der Waals surface area contributed by atoms with E-state index in [1.54, 1.807) is 19.1 Å². The van der Waals surface area contributed by atoms with Crippen LogP contribution in [0.1, 0.15) is 31.7 Å². The van der Waals surface area contributed by atoms with Gasteiger partial charge in [-0.25, -0.2) is 4.90 Å². The molecule has 0 radical (unpaired) electrons. The van der Waals surface area contributed by atoms with Crippen molar-refractivity contribution in [3.63, 3.8) is 0 Å². The largest absolute Gasteiger partial charge is 0.495 e. The minimum Gasteiger partial charge on any atom is -0.495 e. The first kappa shape index (κ1) is 19.4. The minimum atomic E-state index is -0.481. The summed E-state index contributed by atoms with van der Waals surface area (Å²) in [4.78, 5) is 40.8. The molecule has 0 bridgehead atoms. The number of hydrogen-bond donors (Lipinski definition) is 0. The van der Waals surface area contributed by atoms with Crippen LogP contribution < -0.4 is 9.64 Å². The van der Waals surface area contributed by atoms with Crippen LogP contribution in [-0.2, 0) is 19.1 Å². The second-order valence-electron chi connectivity index (χ2n) is 7.02. The first-order valence-electron chi connectivity index (χ1n) is 9.38. The van der Waals surface area contributed by atoms with Crippen molar-refractivity contribution < 1.29 is 23.9 Å². The van der Waals surface area contributed by atoms with Gasteiger partial charge in [0.25, 0.3) is 5.91 Å². The van der Waals surface area contributed by atoms with Gasteiger partial charge in [-0.05, 0) is 57.5 Å². The molecule has 2 amide bonds. The van der Waals surface area contributed by atoms with Crippen LogP contribution in [0, 0.1) is 12.8 Å². The Morgan fingerprint density at radius 2 is 1.93 bits per heavy atom. The van der Waals surface area contributed by atoms with Gasteiger partial charge in [0.1, 0.15) is 5.75 Å². The number of anilines is 1. The van der Waals surface area contributed by atoms with Gasteiger partial charge in [-0.2, -0.15) is 0 Å². The third-order valence-electron chi connectivity index (χ3n) is 5.29. The van der Waals surface area contributed by atoms with E-state index in [0.29, 0.717) is 44.0 Å². The smallest absolute Gasteiger partial charge is 0.309 e. The zero-order valence-corrected chi connectivity index (χ0v) is 16.1. The maximum Gasteiger partial charge on any atom is 0.309 e. The van der Waals surface area contributed by atoms with Gasteiger partial charge in [0.15, 0.2) is 0 Å². The average Bonchev–Trinajstić information content (AvgIpc) is 2.96. The van der Waals surface area contributed by atoms with Crippen molar-refractivity contribution in [3.05, 3.63) is 23.8 Å². The Hall–Kier alpha value is -2.41. The molecule has 0 N–H and O–H groups in total. The van der Waals surface area contributed by atoms with E-state index < -0.39 is 6.04 Å². The standard InChI is InChI=1S/C20H26N2O5/c1-4-27-20(25)14-7-9-21(10-8-14)16-12-18(23)22(19(16)24)15-11-13(2)5-6-17(15)26-3/h5-6,11,14,16H,4,7-10,12H2,1-3H3/t16-/m1/s1. The molecule has 0 unspecified atom stereocenters. The Balaban J connectivity index is 1.72. The normalized spacial score (nSPS) is 21.6. The van der Waals surface area contributed by atoms with Gasteiger partial charge in [-0.1, -0.05) is 6.07 Å². The third kappa shape index (κ3) is 3.83. The van der Waals surface area contributed by atoms with Gasteiger partial charge in [-0.15, -0.1) is 0 Å². The van der Waals surface area contributed by atoms with Gasteiger partial charge < -0.3 is 9.47 Å². The number of hydrogen-bond acceptors (Lipinski definition) is 6. The molecule has 0 saturated carbocycles. The van der Waals surface area contributed by atoms with Gasteiger partial charge in [0, 0.05) is 0 Å². The maximum absolute atomic E-state index is 13.0. The lowest BCUT2D eigenvalue weighted by Crippen LogP contribution is -2.47. The number of likely N-dealkylation sites (tertiary alicyclic amines) is 1. The van der Waals surface area contributed by atoms with Gasteiger partial charge in [-0.3, -0.25) is 19.3 Å². The predicted molar refractivity (Wildman–Crippen MR) is 99.6 cm³/mol. The number of carbonyl (C=O) groups is 3. The molecular weight excluding hydrogens is 348 g/mol. The molecule has 1 atom stereocenters. The predicted octanol–water partition coefficient (Wildman–Crippen LogP) is 1.91. The lowest BCUT2D eigenvalue weighted by atomic mass is 9.95. The Morgan fingerprint density at radius 3 is 2.56 bits per heavy atom. The number of amides is 2. The quantitative estimate of drug-likeness (QED) is 0.579. The summed E-state index contributed by atoms with van der Waals surface area (Å²) < 4.78 is 10.4. The number of carbonyl (C=O) groups excluding carboxylic acids is 3. The molecular formula is C20H26N2O5. The molecule has 1 aromatic rings. The summed E-state index contributed by atoms with van der Waals surface area (Å²) in [5.74, 6) is -0.234. The van der Waals surface area contributed by atoms with Crippen molar-refractivity contribution >= 4 is 23.5 Å². The third-order valence-corrected chi connectivity index (χ3v) is 5.29. The number of benzene rings is 1. The van der Waals surface area contributed by atoms with E-state index in [9.17, 15) is 14.4 Å². The molecule has 2 aliphatic rings. The summed E-state index contributed by atoms with van der Waals surface area (Å²) in [6.07, 6.45) is 1.44. The second kappa shape index (κ2) is 8.08. The summed E-state index contributed by atoms with van der Waals surface area (Å²) in [6.45, 7) is 5.29. The van der Waals surface area contributed by atoms with Crippen molar-refractivity contribution in [2.24, 2.45) is 5.92 Å². The number of imide groups is 1. The summed E-state index contributed by atoms with van der Waals surface area (Å²) in [5.41, 5.74) is 1.45. The summed E-state index contributed by atoms with van der Waals surface area (Å²) >= 11 is 0. The Bertz CT molecular complexity index is 740. The highest BCUT2D eigenvalue weighted by Gasteiger charge is 2.44. The van der Waals surface area contributed by atoms with E-state index in [0.717, 1.165) is 5.56 Å². The molecule has 7 nitrogen and oxygen atoms in total. The Labute approximate surface area is 159 Å². The van der Waals surface area contributed by atoms with Crippen LogP contribution >= 0.6 is 0 Å². The zero-order chi connectivity index (χ0) is 19.6. The highest BCUT2D eigenvalue weighted by molar-refractivity contribution is 6.23. The SMILES string of the molecule is CCOC(=O)C1CCN([C@@H]2CC(=O)N(c3cc(C)ccc3OC)C2=O)CC1. The molecule has 0 aliphatic carbocycles. The zero-order valence-electron chi connectivity index (χ0n) is 16.1. The van der Waals surface area contributed by atoms with Crippen molar-refractivity contribution in [1.29, 1.82) is 0 Å². The van der Waals surface area contributed by atoms with E-state index in [2.05, 4.69) is 0 Å². The fourth-order valence-corrected chi connectivity index (χ4v) is 3.84. The van der Waals surface area contributed by atoms with E-state index in [4.69, 9.17) is 9.47 Å². The minimum absolute atomic E-state index is 0.124.